The number of nitrogens with zero attached hydrogens (tertiary/aromatic N) is 2. The van der Waals surface area contributed by atoms with E-state index >= 15 is 0 Å². The Labute approximate surface area is 87.2 Å². The Morgan fingerprint density at radius 2 is 1.92 bits per heavy atom. The van der Waals surface area contributed by atoms with Gasteiger partial charge >= 0.3 is 0 Å². The SMILES string of the molecule is CON(C)Cc1cc(Cl)nc(Cl)c1. The molecule has 0 fully saturated rings. The van der Waals surface area contributed by atoms with Crippen LogP contribution in [0.3, 0.4) is 0 Å². The van der Waals surface area contributed by atoms with E-state index in [-0.39, 0.29) is 0 Å². The van der Waals surface area contributed by atoms with Gasteiger partial charge in [0.25, 0.3) is 0 Å². The van der Waals surface area contributed by atoms with E-state index < -0.39 is 0 Å². The van der Waals surface area contributed by atoms with Crippen molar-refractivity contribution in [2.75, 3.05) is 14.2 Å². The molecule has 1 aromatic heterocycles. The first-order valence-corrected chi connectivity index (χ1v) is 4.44. The third-order valence-electron chi connectivity index (χ3n) is 1.54. The van der Waals surface area contributed by atoms with Gasteiger partial charge in [0.15, 0.2) is 0 Å². The molecule has 0 saturated carbocycles. The van der Waals surface area contributed by atoms with E-state index in [0.29, 0.717) is 16.9 Å². The van der Waals surface area contributed by atoms with Crippen LogP contribution in [0.25, 0.3) is 0 Å². The lowest BCUT2D eigenvalue weighted by Gasteiger charge is -2.13. The summed E-state index contributed by atoms with van der Waals surface area (Å²) in [5.41, 5.74) is 0.967. The van der Waals surface area contributed by atoms with E-state index in [1.165, 1.54) is 0 Å². The van der Waals surface area contributed by atoms with E-state index in [0.717, 1.165) is 5.56 Å². The van der Waals surface area contributed by atoms with E-state index in [2.05, 4.69) is 4.98 Å². The quantitative estimate of drug-likeness (QED) is 0.578. The molecule has 0 bridgehead atoms. The first-order chi connectivity index (χ1) is 6.11. The Hall–Kier alpha value is -0.350. The lowest BCUT2D eigenvalue weighted by molar-refractivity contribution is -0.116. The lowest BCUT2D eigenvalue weighted by atomic mass is 10.3. The zero-order chi connectivity index (χ0) is 9.84. The van der Waals surface area contributed by atoms with Crippen molar-refractivity contribution in [2.45, 2.75) is 6.54 Å². The fraction of sp³-hybridized carbons (Fsp3) is 0.375. The number of hydrogen-bond acceptors (Lipinski definition) is 3. The van der Waals surface area contributed by atoms with E-state index in [4.69, 9.17) is 28.0 Å². The van der Waals surface area contributed by atoms with Crippen LogP contribution in [0.5, 0.6) is 0 Å². The molecular formula is C8H10Cl2N2O. The Bertz CT molecular complexity index is 273. The average Bonchev–Trinajstić information content (AvgIpc) is 2.02. The summed E-state index contributed by atoms with van der Waals surface area (Å²) in [6.45, 7) is 0.623. The van der Waals surface area contributed by atoms with Crippen molar-refractivity contribution in [3.63, 3.8) is 0 Å². The Kier molecular flexibility index (Phi) is 3.93. The Balaban J connectivity index is 2.77. The highest BCUT2D eigenvalue weighted by molar-refractivity contribution is 6.32. The minimum atomic E-state index is 0.395. The predicted octanol–water partition coefficient (Wildman–Crippen LogP) is 2.38. The van der Waals surface area contributed by atoms with Crippen LogP contribution in [0.4, 0.5) is 0 Å². The largest absolute Gasteiger partial charge is 0.302 e. The molecule has 13 heavy (non-hydrogen) atoms. The van der Waals surface area contributed by atoms with Crippen molar-refractivity contribution in [1.82, 2.24) is 10.0 Å². The highest BCUT2D eigenvalue weighted by Crippen LogP contribution is 2.15. The van der Waals surface area contributed by atoms with Crippen molar-refractivity contribution < 1.29 is 4.84 Å². The van der Waals surface area contributed by atoms with Crippen LogP contribution < -0.4 is 0 Å². The Morgan fingerprint density at radius 1 is 1.38 bits per heavy atom. The fourth-order valence-corrected chi connectivity index (χ4v) is 1.43. The van der Waals surface area contributed by atoms with E-state index in [1.807, 2.05) is 7.05 Å². The van der Waals surface area contributed by atoms with Crippen molar-refractivity contribution in [2.24, 2.45) is 0 Å². The van der Waals surface area contributed by atoms with Gasteiger partial charge in [-0.1, -0.05) is 23.2 Å². The molecule has 0 N–H and O–H groups in total. The van der Waals surface area contributed by atoms with Crippen LogP contribution in [0.1, 0.15) is 5.56 Å². The number of hydroxylamine groups is 2. The third kappa shape index (κ3) is 3.48. The van der Waals surface area contributed by atoms with Gasteiger partial charge in [-0.2, -0.15) is 5.06 Å². The van der Waals surface area contributed by atoms with Crippen LogP contribution in [0.2, 0.25) is 10.3 Å². The van der Waals surface area contributed by atoms with Crippen LogP contribution in [0, 0.1) is 0 Å². The minimum Gasteiger partial charge on any atom is -0.302 e. The summed E-state index contributed by atoms with van der Waals surface area (Å²) < 4.78 is 0. The second-order valence-corrected chi connectivity index (χ2v) is 3.36. The molecular weight excluding hydrogens is 211 g/mol. The van der Waals surface area contributed by atoms with Crippen LogP contribution in [-0.2, 0) is 11.4 Å². The number of pyridine rings is 1. The maximum Gasteiger partial charge on any atom is 0.131 e. The molecule has 5 heteroatoms. The van der Waals surface area contributed by atoms with E-state index in [1.54, 1.807) is 24.3 Å². The molecule has 0 amide bonds. The third-order valence-corrected chi connectivity index (χ3v) is 1.93. The summed E-state index contributed by atoms with van der Waals surface area (Å²) in [4.78, 5) is 8.80. The van der Waals surface area contributed by atoms with Gasteiger partial charge in [0.05, 0.1) is 7.11 Å². The maximum atomic E-state index is 5.72. The zero-order valence-corrected chi connectivity index (χ0v) is 8.93. The topological polar surface area (TPSA) is 25.4 Å². The molecule has 1 aromatic rings. The monoisotopic (exact) mass is 220 g/mol. The highest BCUT2D eigenvalue weighted by Gasteiger charge is 2.02. The molecule has 1 heterocycles. The average molecular weight is 221 g/mol. The molecule has 1 rings (SSSR count). The molecule has 0 aromatic carbocycles. The van der Waals surface area contributed by atoms with Crippen molar-refractivity contribution in [1.29, 1.82) is 0 Å². The van der Waals surface area contributed by atoms with Gasteiger partial charge < -0.3 is 4.84 Å². The number of rotatable bonds is 3. The molecule has 72 valence electrons. The predicted molar refractivity (Wildman–Crippen MR) is 52.7 cm³/mol. The van der Waals surface area contributed by atoms with Gasteiger partial charge in [0.1, 0.15) is 10.3 Å². The van der Waals surface area contributed by atoms with Gasteiger partial charge in [-0.3, -0.25) is 0 Å². The summed E-state index contributed by atoms with van der Waals surface area (Å²) in [5.74, 6) is 0. The molecule has 0 spiro atoms. The van der Waals surface area contributed by atoms with Gasteiger partial charge in [-0.15, -0.1) is 0 Å². The van der Waals surface area contributed by atoms with Gasteiger partial charge in [0, 0.05) is 13.6 Å². The number of hydrogen-bond donors (Lipinski definition) is 0. The smallest absolute Gasteiger partial charge is 0.131 e. The molecule has 0 aliphatic rings. The second-order valence-electron chi connectivity index (χ2n) is 2.59. The highest BCUT2D eigenvalue weighted by atomic mass is 35.5. The zero-order valence-electron chi connectivity index (χ0n) is 7.42. The molecule has 0 aliphatic heterocycles. The van der Waals surface area contributed by atoms with Crippen LogP contribution in [-0.4, -0.2) is 24.2 Å². The maximum absolute atomic E-state index is 5.72. The van der Waals surface area contributed by atoms with Crippen LogP contribution >= 0.6 is 23.2 Å². The first kappa shape index (κ1) is 10.7. The van der Waals surface area contributed by atoms with E-state index in [9.17, 15) is 0 Å². The van der Waals surface area contributed by atoms with Crippen molar-refractivity contribution >= 4 is 23.2 Å². The van der Waals surface area contributed by atoms with Crippen molar-refractivity contribution in [3.8, 4) is 0 Å². The van der Waals surface area contributed by atoms with Crippen LogP contribution in [0.15, 0.2) is 12.1 Å². The van der Waals surface area contributed by atoms with Gasteiger partial charge in [-0.05, 0) is 17.7 Å². The summed E-state index contributed by atoms with van der Waals surface area (Å²) in [6, 6.07) is 3.51. The van der Waals surface area contributed by atoms with Gasteiger partial charge in [-0.25, -0.2) is 4.98 Å². The second kappa shape index (κ2) is 4.77. The molecule has 0 atom stereocenters. The minimum absolute atomic E-state index is 0.395. The molecule has 3 nitrogen and oxygen atoms in total. The molecule has 0 unspecified atom stereocenters. The fourth-order valence-electron chi connectivity index (χ4n) is 0.927. The Morgan fingerprint density at radius 3 is 2.38 bits per heavy atom. The summed E-state index contributed by atoms with van der Waals surface area (Å²) in [5, 5.41) is 2.46. The summed E-state index contributed by atoms with van der Waals surface area (Å²) >= 11 is 11.4. The summed E-state index contributed by atoms with van der Waals surface area (Å²) in [6.07, 6.45) is 0. The standard InChI is InChI=1S/C8H10Cl2N2O/c1-12(13-2)5-6-3-7(9)11-8(10)4-6/h3-4H,5H2,1-2H3. The molecule has 0 radical (unpaired) electrons. The first-order valence-electron chi connectivity index (χ1n) is 3.69. The van der Waals surface area contributed by atoms with Gasteiger partial charge in [0.2, 0.25) is 0 Å². The lowest BCUT2D eigenvalue weighted by Crippen LogP contribution is -2.15. The molecule has 0 saturated heterocycles. The summed E-state index contributed by atoms with van der Waals surface area (Å²) in [7, 11) is 3.42. The van der Waals surface area contributed by atoms with Crippen molar-refractivity contribution in [3.05, 3.63) is 28.0 Å². The number of aromatic nitrogens is 1. The normalized spacial score (nSPS) is 10.8. The number of halogens is 2. The molecule has 0 aliphatic carbocycles.